The molecule has 0 aliphatic heterocycles. The monoisotopic (exact) mass is 764 g/mol. The number of hydrogen-bond acceptors (Lipinski definition) is 3. The molecule has 0 bridgehead atoms. The molecular weight excluding hydrogens is 663 g/mol. The minimum absolute atomic E-state index is 0.0237. The molecule has 324 valence electrons. The van der Waals surface area contributed by atoms with Crippen LogP contribution in [0.4, 0.5) is 0 Å². The number of rotatable bonds is 47. The highest BCUT2D eigenvalue weighted by atomic mass is 16.3. The molecule has 3 N–H and O–H groups in total. The molecule has 54 heavy (non-hydrogen) atoms. The Morgan fingerprint density at radius 2 is 0.593 bits per heavy atom. The van der Waals surface area contributed by atoms with E-state index in [2.05, 4.69) is 19.2 Å². The van der Waals surface area contributed by atoms with Crippen LogP contribution in [0.2, 0.25) is 0 Å². The van der Waals surface area contributed by atoms with E-state index < -0.39 is 12.1 Å². The average molecular weight is 764 g/mol. The summed E-state index contributed by atoms with van der Waals surface area (Å²) in [5.74, 6) is -0.0237. The first kappa shape index (κ1) is 53.4. The molecule has 2 atom stereocenters. The van der Waals surface area contributed by atoms with E-state index in [4.69, 9.17) is 0 Å². The number of carbonyl (C=O) groups is 1. The Kier molecular flexibility index (Phi) is 46.2. The van der Waals surface area contributed by atoms with Gasteiger partial charge in [-0.25, -0.2) is 0 Å². The van der Waals surface area contributed by atoms with Crippen LogP contribution in [0, 0.1) is 0 Å². The lowest BCUT2D eigenvalue weighted by atomic mass is 10.0. The highest BCUT2D eigenvalue weighted by molar-refractivity contribution is 5.76. The van der Waals surface area contributed by atoms with Gasteiger partial charge in [-0.1, -0.05) is 277 Å². The summed E-state index contributed by atoms with van der Waals surface area (Å²) in [6, 6.07) is -0.530. The van der Waals surface area contributed by atoms with Gasteiger partial charge < -0.3 is 15.5 Å². The standard InChI is InChI=1S/C50H101NO3/c1-3-5-7-9-11-13-15-17-19-21-23-24-25-26-28-29-31-33-35-37-39-41-43-45-49(53)48(47-52)51-50(54)46-44-42-40-38-36-34-32-30-27-22-20-18-16-14-12-10-8-6-4-2/h48-49,52-53H,3-47H2,1-2H3,(H,51,54). The minimum atomic E-state index is -0.654. The number of hydrogen-bond donors (Lipinski definition) is 3. The van der Waals surface area contributed by atoms with Crippen molar-refractivity contribution in [2.45, 2.75) is 309 Å². The second-order valence-corrected chi connectivity index (χ2v) is 17.6. The Morgan fingerprint density at radius 3 is 0.833 bits per heavy atom. The lowest BCUT2D eigenvalue weighted by Gasteiger charge is -2.22. The molecular formula is C50H101NO3. The first-order valence-electron chi connectivity index (χ1n) is 25.2. The second kappa shape index (κ2) is 46.8. The van der Waals surface area contributed by atoms with Gasteiger partial charge in [0.05, 0.1) is 18.8 Å². The summed E-state index contributed by atoms with van der Waals surface area (Å²) in [6.45, 7) is 4.40. The first-order valence-corrected chi connectivity index (χ1v) is 25.2. The van der Waals surface area contributed by atoms with E-state index in [0.29, 0.717) is 12.8 Å². The van der Waals surface area contributed by atoms with Crippen LogP contribution in [0.25, 0.3) is 0 Å². The van der Waals surface area contributed by atoms with Gasteiger partial charge in [-0.3, -0.25) is 4.79 Å². The third kappa shape index (κ3) is 42.5. The molecule has 1 amide bonds. The minimum Gasteiger partial charge on any atom is -0.394 e. The third-order valence-corrected chi connectivity index (χ3v) is 12.1. The van der Waals surface area contributed by atoms with Crippen molar-refractivity contribution in [3.05, 3.63) is 0 Å². The van der Waals surface area contributed by atoms with Crippen molar-refractivity contribution in [3.8, 4) is 0 Å². The van der Waals surface area contributed by atoms with Gasteiger partial charge in [0.1, 0.15) is 0 Å². The number of aliphatic hydroxyl groups excluding tert-OH is 2. The highest BCUT2D eigenvalue weighted by Crippen LogP contribution is 2.18. The van der Waals surface area contributed by atoms with Crippen molar-refractivity contribution >= 4 is 5.91 Å². The molecule has 0 saturated carbocycles. The van der Waals surface area contributed by atoms with E-state index in [1.54, 1.807) is 0 Å². The zero-order chi connectivity index (χ0) is 39.3. The van der Waals surface area contributed by atoms with Crippen molar-refractivity contribution < 1.29 is 15.0 Å². The van der Waals surface area contributed by atoms with Crippen LogP contribution in [-0.4, -0.2) is 34.9 Å². The zero-order valence-electron chi connectivity index (χ0n) is 37.3. The molecule has 0 aromatic carbocycles. The number of carbonyl (C=O) groups excluding carboxylic acids is 1. The van der Waals surface area contributed by atoms with Gasteiger partial charge >= 0.3 is 0 Å². The Balaban J connectivity index is 3.43. The fourth-order valence-electron chi connectivity index (χ4n) is 8.25. The SMILES string of the molecule is CCCCCCCCCCCCCCCCCCCCCCCCCC(O)C(CO)NC(=O)CCCCCCCCCCCCCCCCCCCCC. The van der Waals surface area contributed by atoms with E-state index in [9.17, 15) is 15.0 Å². The van der Waals surface area contributed by atoms with Crippen LogP contribution >= 0.6 is 0 Å². The highest BCUT2D eigenvalue weighted by Gasteiger charge is 2.20. The Labute approximate surface area is 340 Å². The molecule has 2 unspecified atom stereocenters. The van der Waals surface area contributed by atoms with Crippen molar-refractivity contribution in [3.63, 3.8) is 0 Å². The quantitative estimate of drug-likeness (QED) is 0.0541. The smallest absolute Gasteiger partial charge is 0.220 e. The third-order valence-electron chi connectivity index (χ3n) is 12.1. The van der Waals surface area contributed by atoms with E-state index in [0.717, 1.165) is 25.7 Å². The van der Waals surface area contributed by atoms with Crippen LogP contribution in [0.1, 0.15) is 296 Å². The molecule has 4 nitrogen and oxygen atoms in total. The van der Waals surface area contributed by atoms with Crippen molar-refractivity contribution in [1.29, 1.82) is 0 Å². The van der Waals surface area contributed by atoms with Gasteiger partial charge in [-0.15, -0.1) is 0 Å². The summed E-state index contributed by atoms with van der Waals surface area (Å²) < 4.78 is 0. The summed E-state index contributed by atoms with van der Waals surface area (Å²) in [5.41, 5.74) is 0. The normalized spacial score (nSPS) is 12.7. The Bertz CT molecular complexity index is 699. The predicted octanol–water partition coefficient (Wildman–Crippen LogP) is 16.0. The number of aliphatic hydroxyl groups is 2. The van der Waals surface area contributed by atoms with Crippen LogP contribution in [-0.2, 0) is 4.79 Å². The van der Waals surface area contributed by atoms with E-state index in [1.165, 1.54) is 244 Å². The van der Waals surface area contributed by atoms with Gasteiger partial charge in [0.2, 0.25) is 5.91 Å². The van der Waals surface area contributed by atoms with Gasteiger partial charge in [0, 0.05) is 6.42 Å². The van der Waals surface area contributed by atoms with E-state index in [1.807, 2.05) is 0 Å². The number of unbranched alkanes of at least 4 members (excludes halogenated alkanes) is 40. The molecule has 4 heteroatoms. The van der Waals surface area contributed by atoms with E-state index >= 15 is 0 Å². The summed E-state index contributed by atoms with van der Waals surface area (Å²) in [5, 5.41) is 23.3. The molecule has 0 heterocycles. The topological polar surface area (TPSA) is 69.6 Å². The Hall–Kier alpha value is -0.610. The molecule has 0 rings (SSSR count). The Morgan fingerprint density at radius 1 is 0.370 bits per heavy atom. The second-order valence-electron chi connectivity index (χ2n) is 17.6. The molecule has 0 aliphatic rings. The maximum atomic E-state index is 12.4. The van der Waals surface area contributed by atoms with Crippen LogP contribution in [0.3, 0.4) is 0 Å². The molecule has 0 fully saturated rings. The fourth-order valence-corrected chi connectivity index (χ4v) is 8.25. The fraction of sp³-hybridized carbons (Fsp3) is 0.980. The van der Waals surface area contributed by atoms with E-state index in [-0.39, 0.29) is 12.5 Å². The van der Waals surface area contributed by atoms with Gasteiger partial charge in [-0.2, -0.15) is 0 Å². The molecule has 0 saturated heterocycles. The summed E-state index contributed by atoms with van der Waals surface area (Å²) in [7, 11) is 0. The predicted molar refractivity (Wildman–Crippen MR) is 240 cm³/mol. The summed E-state index contributed by atoms with van der Waals surface area (Å²) in [6.07, 6.45) is 57.8. The van der Waals surface area contributed by atoms with Crippen LogP contribution in [0.5, 0.6) is 0 Å². The van der Waals surface area contributed by atoms with Crippen molar-refractivity contribution in [2.75, 3.05) is 6.61 Å². The van der Waals surface area contributed by atoms with Gasteiger partial charge in [0.25, 0.3) is 0 Å². The molecule has 0 aromatic heterocycles. The van der Waals surface area contributed by atoms with Crippen LogP contribution in [0.15, 0.2) is 0 Å². The molecule has 0 spiro atoms. The van der Waals surface area contributed by atoms with Crippen molar-refractivity contribution in [1.82, 2.24) is 5.32 Å². The average Bonchev–Trinajstić information content (AvgIpc) is 3.18. The number of amides is 1. The van der Waals surface area contributed by atoms with Gasteiger partial charge in [0.15, 0.2) is 0 Å². The molecule has 0 aromatic rings. The zero-order valence-corrected chi connectivity index (χ0v) is 37.3. The first-order chi connectivity index (χ1) is 26.7. The maximum absolute atomic E-state index is 12.4. The number of nitrogens with one attached hydrogen (secondary N) is 1. The molecule has 0 radical (unpaired) electrons. The van der Waals surface area contributed by atoms with Gasteiger partial charge in [-0.05, 0) is 12.8 Å². The summed E-state index contributed by atoms with van der Waals surface area (Å²) in [4.78, 5) is 12.4. The lowest BCUT2D eigenvalue weighted by molar-refractivity contribution is -0.123. The summed E-state index contributed by atoms with van der Waals surface area (Å²) >= 11 is 0. The van der Waals surface area contributed by atoms with Crippen LogP contribution < -0.4 is 5.32 Å². The lowest BCUT2D eigenvalue weighted by Crippen LogP contribution is -2.45. The largest absolute Gasteiger partial charge is 0.394 e. The molecule has 0 aliphatic carbocycles. The maximum Gasteiger partial charge on any atom is 0.220 e. The van der Waals surface area contributed by atoms with Crippen molar-refractivity contribution in [2.24, 2.45) is 0 Å².